The van der Waals surface area contributed by atoms with Crippen molar-refractivity contribution in [2.75, 3.05) is 19.0 Å². The van der Waals surface area contributed by atoms with E-state index in [1.807, 2.05) is 19.0 Å². The van der Waals surface area contributed by atoms with Gasteiger partial charge in [-0.1, -0.05) is 0 Å². The first kappa shape index (κ1) is 13.8. The topological polar surface area (TPSA) is 65.5 Å². The number of pyridine rings is 1. The van der Waals surface area contributed by atoms with E-state index in [2.05, 4.69) is 10.3 Å². The highest BCUT2D eigenvalue weighted by molar-refractivity contribution is 5.95. The van der Waals surface area contributed by atoms with Gasteiger partial charge in [-0.25, -0.2) is 4.98 Å². The summed E-state index contributed by atoms with van der Waals surface area (Å²) >= 11 is 0. The molecule has 1 fully saturated rings. The summed E-state index contributed by atoms with van der Waals surface area (Å²) in [5, 5.41) is 12.5. The number of amides is 1. The molecular weight excluding hydrogens is 242 g/mol. The van der Waals surface area contributed by atoms with Crippen molar-refractivity contribution in [3.05, 3.63) is 23.9 Å². The highest BCUT2D eigenvalue weighted by atomic mass is 16.3. The molecule has 0 radical (unpaired) electrons. The van der Waals surface area contributed by atoms with Crippen molar-refractivity contribution >= 4 is 11.7 Å². The number of aliphatic hydroxyl groups is 1. The van der Waals surface area contributed by atoms with E-state index >= 15 is 0 Å². The van der Waals surface area contributed by atoms with Crippen LogP contribution in [-0.2, 0) is 0 Å². The maximum atomic E-state index is 12.1. The largest absolute Gasteiger partial charge is 0.393 e. The Morgan fingerprint density at radius 3 is 2.68 bits per heavy atom. The second-order valence-corrected chi connectivity index (χ2v) is 5.28. The monoisotopic (exact) mass is 263 g/mol. The van der Waals surface area contributed by atoms with E-state index in [9.17, 15) is 9.90 Å². The summed E-state index contributed by atoms with van der Waals surface area (Å²) < 4.78 is 0. The fourth-order valence-electron chi connectivity index (χ4n) is 2.29. The lowest BCUT2D eigenvalue weighted by Crippen LogP contribution is -2.38. The van der Waals surface area contributed by atoms with Crippen LogP contribution in [0.25, 0.3) is 0 Å². The van der Waals surface area contributed by atoms with Crippen molar-refractivity contribution in [1.29, 1.82) is 0 Å². The van der Waals surface area contributed by atoms with Gasteiger partial charge >= 0.3 is 0 Å². The number of carbonyl (C=O) groups is 1. The van der Waals surface area contributed by atoms with Crippen LogP contribution in [0.3, 0.4) is 0 Å². The van der Waals surface area contributed by atoms with E-state index in [1.54, 1.807) is 18.3 Å². The fourth-order valence-corrected chi connectivity index (χ4v) is 2.29. The van der Waals surface area contributed by atoms with Gasteiger partial charge in [0.2, 0.25) is 0 Å². The Morgan fingerprint density at radius 2 is 2.05 bits per heavy atom. The zero-order chi connectivity index (χ0) is 13.8. The minimum Gasteiger partial charge on any atom is -0.393 e. The van der Waals surface area contributed by atoms with Gasteiger partial charge in [-0.2, -0.15) is 0 Å². The van der Waals surface area contributed by atoms with Crippen LogP contribution in [0.5, 0.6) is 0 Å². The number of anilines is 1. The highest BCUT2D eigenvalue weighted by Gasteiger charge is 2.21. The van der Waals surface area contributed by atoms with Crippen LogP contribution in [0.2, 0.25) is 0 Å². The molecular formula is C14H21N3O2. The van der Waals surface area contributed by atoms with E-state index in [4.69, 9.17) is 0 Å². The van der Waals surface area contributed by atoms with Gasteiger partial charge in [-0.3, -0.25) is 4.79 Å². The maximum absolute atomic E-state index is 12.1. The lowest BCUT2D eigenvalue weighted by atomic mass is 9.93. The van der Waals surface area contributed by atoms with Gasteiger partial charge in [0.05, 0.1) is 6.10 Å². The quantitative estimate of drug-likeness (QED) is 0.859. The SMILES string of the molecule is CN(C)c1cc(C(=O)NC2CCC(O)CC2)ccn1. The molecule has 2 rings (SSSR count). The summed E-state index contributed by atoms with van der Waals surface area (Å²) in [5.74, 6) is 0.707. The molecule has 0 saturated heterocycles. The summed E-state index contributed by atoms with van der Waals surface area (Å²) in [5.41, 5.74) is 0.629. The number of hydrogen-bond donors (Lipinski definition) is 2. The number of nitrogens with zero attached hydrogens (tertiary/aromatic N) is 2. The minimum atomic E-state index is -0.200. The summed E-state index contributed by atoms with van der Waals surface area (Å²) in [6, 6.07) is 3.68. The van der Waals surface area contributed by atoms with Crippen LogP contribution < -0.4 is 10.2 Å². The van der Waals surface area contributed by atoms with Crippen LogP contribution in [0, 0.1) is 0 Å². The molecule has 1 aliphatic rings. The molecule has 1 amide bonds. The Kier molecular flexibility index (Phi) is 4.37. The molecule has 0 aromatic carbocycles. The molecule has 104 valence electrons. The van der Waals surface area contributed by atoms with E-state index in [-0.39, 0.29) is 18.1 Å². The fraction of sp³-hybridized carbons (Fsp3) is 0.571. The van der Waals surface area contributed by atoms with Crippen LogP contribution in [0.15, 0.2) is 18.3 Å². The third-order valence-electron chi connectivity index (χ3n) is 3.50. The molecule has 19 heavy (non-hydrogen) atoms. The number of hydrogen-bond acceptors (Lipinski definition) is 4. The molecule has 1 aliphatic carbocycles. The number of rotatable bonds is 3. The van der Waals surface area contributed by atoms with Gasteiger partial charge in [0.15, 0.2) is 0 Å². The normalized spacial score (nSPS) is 22.9. The second-order valence-electron chi connectivity index (χ2n) is 5.28. The molecule has 1 aromatic rings. The van der Waals surface area contributed by atoms with Gasteiger partial charge in [0.1, 0.15) is 5.82 Å². The molecule has 1 saturated carbocycles. The number of aromatic nitrogens is 1. The molecule has 2 N–H and O–H groups in total. The van der Waals surface area contributed by atoms with E-state index in [0.29, 0.717) is 5.56 Å². The Labute approximate surface area is 113 Å². The summed E-state index contributed by atoms with van der Waals surface area (Å²) in [4.78, 5) is 18.2. The number of carbonyl (C=O) groups excluding carboxylic acids is 1. The first-order valence-electron chi connectivity index (χ1n) is 6.68. The first-order chi connectivity index (χ1) is 9.06. The molecule has 0 spiro atoms. The average Bonchev–Trinajstić information content (AvgIpc) is 2.41. The van der Waals surface area contributed by atoms with Crippen LogP contribution in [-0.4, -0.2) is 42.2 Å². The smallest absolute Gasteiger partial charge is 0.251 e. The summed E-state index contributed by atoms with van der Waals surface area (Å²) in [6.45, 7) is 0. The van der Waals surface area contributed by atoms with Crippen molar-refractivity contribution in [3.63, 3.8) is 0 Å². The molecule has 1 heterocycles. The number of aliphatic hydroxyl groups excluding tert-OH is 1. The van der Waals surface area contributed by atoms with Crippen LogP contribution in [0.4, 0.5) is 5.82 Å². The molecule has 0 bridgehead atoms. The zero-order valence-corrected chi connectivity index (χ0v) is 11.5. The van der Waals surface area contributed by atoms with Crippen molar-refractivity contribution < 1.29 is 9.90 Å². The summed E-state index contributed by atoms with van der Waals surface area (Å²) in [7, 11) is 3.79. The zero-order valence-electron chi connectivity index (χ0n) is 11.5. The van der Waals surface area contributed by atoms with Crippen LogP contribution >= 0.6 is 0 Å². The standard InChI is InChI=1S/C14H21N3O2/c1-17(2)13-9-10(7-8-15-13)14(19)16-11-3-5-12(18)6-4-11/h7-9,11-12,18H,3-6H2,1-2H3,(H,16,19). The molecule has 1 aromatic heterocycles. The first-order valence-corrected chi connectivity index (χ1v) is 6.68. The Bertz CT molecular complexity index is 440. The van der Waals surface area contributed by atoms with Crippen molar-refractivity contribution in [1.82, 2.24) is 10.3 Å². The Balaban J connectivity index is 1.98. The van der Waals surface area contributed by atoms with Crippen LogP contribution in [0.1, 0.15) is 36.0 Å². The van der Waals surface area contributed by atoms with Crippen molar-refractivity contribution in [2.24, 2.45) is 0 Å². The Morgan fingerprint density at radius 1 is 1.37 bits per heavy atom. The second kappa shape index (κ2) is 6.02. The molecule has 5 heteroatoms. The molecule has 0 aliphatic heterocycles. The van der Waals surface area contributed by atoms with Gasteiger partial charge in [-0.15, -0.1) is 0 Å². The maximum Gasteiger partial charge on any atom is 0.251 e. The highest BCUT2D eigenvalue weighted by Crippen LogP contribution is 2.19. The van der Waals surface area contributed by atoms with Crippen molar-refractivity contribution in [3.8, 4) is 0 Å². The Hall–Kier alpha value is -1.62. The molecule has 5 nitrogen and oxygen atoms in total. The van der Waals surface area contributed by atoms with Gasteiger partial charge in [0, 0.05) is 31.9 Å². The van der Waals surface area contributed by atoms with Crippen molar-refractivity contribution in [2.45, 2.75) is 37.8 Å². The van der Waals surface area contributed by atoms with Gasteiger partial charge < -0.3 is 15.3 Å². The third kappa shape index (κ3) is 3.67. The lowest BCUT2D eigenvalue weighted by Gasteiger charge is -2.26. The minimum absolute atomic E-state index is 0.0631. The molecule has 0 unspecified atom stereocenters. The summed E-state index contributed by atoms with van der Waals surface area (Å²) in [6.07, 6.45) is 4.68. The predicted octanol–water partition coefficient (Wildman–Crippen LogP) is 1.18. The van der Waals surface area contributed by atoms with E-state index in [1.165, 1.54) is 0 Å². The predicted molar refractivity (Wildman–Crippen MR) is 74.3 cm³/mol. The van der Waals surface area contributed by atoms with Gasteiger partial charge in [0.25, 0.3) is 5.91 Å². The molecule has 0 atom stereocenters. The van der Waals surface area contributed by atoms with Gasteiger partial charge in [-0.05, 0) is 37.8 Å². The van der Waals surface area contributed by atoms with E-state index in [0.717, 1.165) is 31.5 Å². The van der Waals surface area contributed by atoms with E-state index < -0.39 is 0 Å². The average molecular weight is 263 g/mol. The number of nitrogens with one attached hydrogen (secondary N) is 1. The third-order valence-corrected chi connectivity index (χ3v) is 3.50. The lowest BCUT2D eigenvalue weighted by molar-refractivity contribution is 0.0867.